The molecule has 0 aliphatic heterocycles. The third-order valence-corrected chi connectivity index (χ3v) is 19.4. The Labute approximate surface area is 561 Å². The molecule has 0 fully saturated rings. The van der Waals surface area contributed by atoms with Crippen LogP contribution in [-0.4, -0.2) is 35.0 Å². The average Bonchev–Trinajstić information content (AvgIpc) is 1.65. The van der Waals surface area contributed by atoms with Crippen molar-refractivity contribution in [1.29, 1.82) is 0 Å². The summed E-state index contributed by atoms with van der Waals surface area (Å²) in [6.07, 6.45) is 58.1. The number of aryl methyl sites for hydroxylation is 4. The SMILES string of the molecule is CCCCCCCCCCCCc1ccc(NC(=O)c2[nH]c(C(=O)/C=C(/OB(F)F)c3[nH]c(C(=O)Nc4ccc(CCCCCCCCCCCC)c(CCCCCCCCCCCC)c4)c(CC)c3CC)c(CC)c2CC)cc1CCCCCCCCCCCC. The Bertz CT molecular complexity index is 2670. The van der Waals surface area contributed by atoms with Crippen LogP contribution in [0, 0.1) is 0 Å². The zero-order valence-corrected chi connectivity index (χ0v) is 59.9. The highest BCUT2D eigenvalue weighted by atomic mass is 19.2. The van der Waals surface area contributed by atoms with Crippen molar-refractivity contribution >= 4 is 42.2 Å². The van der Waals surface area contributed by atoms with Crippen LogP contribution in [0.3, 0.4) is 0 Å². The molecular formula is C81H131BF2N4O4. The number of anilines is 2. The quantitative estimate of drug-likeness (QED) is 0.0116. The molecule has 2 aromatic heterocycles. The number of aromatic amines is 2. The summed E-state index contributed by atoms with van der Waals surface area (Å²) in [4.78, 5) is 50.1. The van der Waals surface area contributed by atoms with Gasteiger partial charge in [0.05, 0.1) is 11.4 Å². The van der Waals surface area contributed by atoms with E-state index in [4.69, 9.17) is 4.65 Å². The molecule has 11 heteroatoms. The van der Waals surface area contributed by atoms with Crippen LogP contribution < -0.4 is 10.6 Å². The van der Waals surface area contributed by atoms with Gasteiger partial charge in [-0.05, 0) is 146 Å². The highest BCUT2D eigenvalue weighted by Crippen LogP contribution is 2.32. The van der Waals surface area contributed by atoms with E-state index in [0.717, 1.165) is 57.4 Å². The fraction of sp³-hybridized carbons (Fsp3) is 0.691. The second-order valence-electron chi connectivity index (χ2n) is 26.9. The first kappa shape index (κ1) is 79.5. The maximum atomic E-state index is 14.7. The Morgan fingerprint density at radius 3 is 0.913 bits per heavy atom. The molecule has 4 N–H and O–H groups in total. The molecule has 0 atom stereocenters. The lowest BCUT2D eigenvalue weighted by Crippen LogP contribution is -2.15. The fourth-order valence-corrected chi connectivity index (χ4v) is 13.9. The maximum absolute atomic E-state index is 14.7. The van der Waals surface area contributed by atoms with Crippen LogP contribution in [0.2, 0.25) is 0 Å². The number of hydrogen-bond acceptors (Lipinski definition) is 4. The number of hydrogen-bond donors (Lipinski definition) is 4. The van der Waals surface area contributed by atoms with Crippen molar-refractivity contribution in [2.24, 2.45) is 0 Å². The minimum atomic E-state index is -3.25. The van der Waals surface area contributed by atoms with Crippen molar-refractivity contribution in [1.82, 2.24) is 9.97 Å². The zero-order valence-electron chi connectivity index (χ0n) is 59.9. The van der Waals surface area contributed by atoms with Gasteiger partial charge in [-0.15, -0.1) is 0 Å². The van der Waals surface area contributed by atoms with Gasteiger partial charge in [0.15, 0.2) is 0 Å². The number of nitrogens with one attached hydrogen (secondary N) is 4. The molecule has 2 aromatic carbocycles. The zero-order chi connectivity index (χ0) is 66.4. The number of ketones is 1. The standard InChI is InChI=1S/C81H131BF2N4O4/c1-9-17-21-25-29-33-37-41-45-49-53-64-57-59-68(61-66(64)55-51-47-43-39-35-31-27-23-19-11-3)85-80(90)78-72(15-7)70(13-5)76(87-78)74(89)63-75(92-82(83)84)77-71(14-6)73(16-8)79(88-77)81(91)86-69-60-58-65(54-50-46-42-38-34-30-26-22-18-10-2)67(62-69)56-52-48-44-40-36-32-28-24-20-12-4/h57-63,87-88H,9-56H2,1-8H3,(H,85,90)(H,86,91)/b75-63+. The maximum Gasteiger partial charge on any atom is 0.796 e. The molecule has 0 aliphatic rings. The van der Waals surface area contributed by atoms with E-state index in [9.17, 15) is 23.0 Å². The number of carbonyl (C=O) groups is 3. The number of H-pyrrole nitrogens is 2. The Balaban J connectivity index is 1.55. The van der Waals surface area contributed by atoms with E-state index in [2.05, 4.69) is 72.6 Å². The lowest BCUT2D eigenvalue weighted by atomic mass is 9.95. The van der Waals surface area contributed by atoms with Gasteiger partial charge < -0.3 is 25.3 Å². The van der Waals surface area contributed by atoms with E-state index >= 15 is 0 Å². The number of allylic oxidation sites excluding steroid dienone is 1. The van der Waals surface area contributed by atoms with E-state index in [1.807, 2.05) is 39.8 Å². The van der Waals surface area contributed by atoms with E-state index < -0.39 is 13.3 Å². The highest BCUT2D eigenvalue weighted by molar-refractivity contribution is 6.36. The second-order valence-corrected chi connectivity index (χ2v) is 26.9. The van der Waals surface area contributed by atoms with Crippen LogP contribution in [0.1, 0.15) is 394 Å². The first-order valence-corrected chi connectivity index (χ1v) is 38.5. The third-order valence-electron chi connectivity index (χ3n) is 19.4. The summed E-state index contributed by atoms with van der Waals surface area (Å²) < 4.78 is 34.5. The van der Waals surface area contributed by atoms with Crippen molar-refractivity contribution in [2.75, 3.05) is 10.6 Å². The summed E-state index contributed by atoms with van der Waals surface area (Å²) in [5.74, 6) is -1.70. The van der Waals surface area contributed by atoms with Crippen LogP contribution in [0.4, 0.5) is 20.0 Å². The number of halogens is 2. The van der Waals surface area contributed by atoms with E-state index in [1.54, 1.807) is 0 Å². The largest absolute Gasteiger partial charge is 0.796 e. The molecule has 516 valence electrons. The van der Waals surface area contributed by atoms with Gasteiger partial charge >= 0.3 is 7.47 Å². The summed E-state index contributed by atoms with van der Waals surface area (Å²) in [5, 5.41) is 6.37. The van der Waals surface area contributed by atoms with Gasteiger partial charge in [-0.1, -0.05) is 299 Å². The summed E-state index contributed by atoms with van der Waals surface area (Å²) in [6, 6.07) is 12.7. The van der Waals surface area contributed by atoms with Gasteiger partial charge in [-0.2, -0.15) is 0 Å². The van der Waals surface area contributed by atoms with Gasteiger partial charge in [0.2, 0.25) is 5.78 Å². The Kier molecular flexibility index (Phi) is 42.9. The average molecular weight is 1270 g/mol. The summed E-state index contributed by atoms with van der Waals surface area (Å²) in [7, 11) is -3.25. The summed E-state index contributed by atoms with van der Waals surface area (Å²) in [5.41, 5.74) is 10.2. The molecule has 92 heavy (non-hydrogen) atoms. The van der Waals surface area contributed by atoms with Gasteiger partial charge in [-0.25, -0.2) is 8.63 Å². The minimum Gasteiger partial charge on any atom is -0.503 e. The number of aromatic nitrogens is 2. The molecule has 0 saturated carbocycles. The normalized spacial score (nSPS) is 11.7. The lowest BCUT2D eigenvalue weighted by molar-refractivity contribution is 0.101. The van der Waals surface area contributed by atoms with Crippen LogP contribution >= 0.6 is 0 Å². The molecule has 4 aromatic rings. The van der Waals surface area contributed by atoms with Crippen LogP contribution in [0.5, 0.6) is 0 Å². The predicted octanol–water partition coefficient (Wildman–Crippen LogP) is 25.1. The van der Waals surface area contributed by atoms with Gasteiger partial charge in [0.25, 0.3) is 11.8 Å². The van der Waals surface area contributed by atoms with Crippen LogP contribution in [-0.2, 0) is 56.0 Å². The van der Waals surface area contributed by atoms with Crippen LogP contribution in [0.25, 0.3) is 5.76 Å². The molecular weight excluding hydrogens is 1140 g/mol. The second kappa shape index (κ2) is 49.6. The first-order chi connectivity index (χ1) is 45.0. The van der Waals surface area contributed by atoms with Gasteiger partial charge in [0.1, 0.15) is 17.1 Å². The molecule has 0 unspecified atom stereocenters. The summed E-state index contributed by atoms with van der Waals surface area (Å²) in [6.45, 7) is 16.8. The minimum absolute atomic E-state index is 0.155. The predicted molar refractivity (Wildman–Crippen MR) is 391 cm³/mol. The van der Waals surface area contributed by atoms with E-state index in [0.29, 0.717) is 59.3 Å². The first-order valence-electron chi connectivity index (χ1n) is 38.5. The Morgan fingerprint density at radius 2 is 0.620 bits per heavy atom. The molecule has 2 heterocycles. The molecule has 4 rings (SSSR count). The summed E-state index contributed by atoms with van der Waals surface area (Å²) >= 11 is 0. The molecule has 0 aliphatic carbocycles. The number of benzene rings is 2. The van der Waals surface area contributed by atoms with Crippen molar-refractivity contribution in [3.8, 4) is 0 Å². The van der Waals surface area contributed by atoms with Crippen molar-refractivity contribution in [3.05, 3.63) is 110 Å². The molecule has 8 nitrogen and oxygen atoms in total. The monoisotopic (exact) mass is 1270 g/mol. The van der Waals surface area contributed by atoms with E-state index in [-0.39, 0.29) is 40.3 Å². The topological polar surface area (TPSA) is 116 Å². The van der Waals surface area contributed by atoms with E-state index in [1.165, 1.54) is 253 Å². The van der Waals surface area contributed by atoms with Crippen molar-refractivity contribution < 1.29 is 27.7 Å². The highest BCUT2D eigenvalue weighted by Gasteiger charge is 2.30. The molecule has 0 saturated heterocycles. The Morgan fingerprint density at radius 1 is 0.359 bits per heavy atom. The van der Waals surface area contributed by atoms with Crippen molar-refractivity contribution in [2.45, 2.75) is 364 Å². The van der Waals surface area contributed by atoms with Crippen molar-refractivity contribution in [3.63, 3.8) is 0 Å². The molecule has 0 radical (unpaired) electrons. The number of amides is 2. The van der Waals surface area contributed by atoms with Gasteiger partial charge in [-0.3, -0.25) is 14.4 Å². The fourth-order valence-electron chi connectivity index (χ4n) is 13.9. The lowest BCUT2D eigenvalue weighted by Gasteiger charge is -2.14. The molecule has 2 amide bonds. The number of carbonyl (C=O) groups excluding carboxylic acids is 3. The molecule has 0 bridgehead atoms. The molecule has 0 spiro atoms. The third kappa shape index (κ3) is 30.2. The van der Waals surface area contributed by atoms with Crippen LogP contribution in [0.15, 0.2) is 42.5 Å². The number of rotatable bonds is 57. The Hall–Kier alpha value is -4.93. The number of unbranched alkanes of at least 4 members (excludes halogenated alkanes) is 36. The smallest absolute Gasteiger partial charge is 0.503 e. The van der Waals surface area contributed by atoms with Gasteiger partial charge in [0, 0.05) is 17.5 Å².